The van der Waals surface area contributed by atoms with Crippen molar-refractivity contribution in [2.24, 2.45) is 5.92 Å². The molecule has 2 aliphatic heterocycles. The molecule has 0 aliphatic carbocycles. The first-order chi connectivity index (χ1) is 13.0. The van der Waals surface area contributed by atoms with Crippen LogP contribution in [-0.2, 0) is 19.6 Å². The van der Waals surface area contributed by atoms with E-state index in [1.807, 2.05) is 20.8 Å². The molecule has 3 rings (SSSR count). The second-order valence-corrected chi connectivity index (χ2v) is 10.6. The lowest BCUT2D eigenvalue weighted by Crippen LogP contribution is -2.52. The monoisotopic (exact) mass is 427 g/mol. The number of carbonyl (C=O) groups excluding carboxylic acids is 2. The molecule has 154 valence electrons. The van der Waals surface area contributed by atoms with Gasteiger partial charge in [-0.1, -0.05) is 11.6 Å². The Morgan fingerprint density at radius 3 is 2.14 bits per heavy atom. The zero-order valence-corrected chi connectivity index (χ0v) is 18.0. The van der Waals surface area contributed by atoms with Crippen LogP contribution in [0.4, 0.5) is 0 Å². The van der Waals surface area contributed by atoms with Crippen molar-refractivity contribution in [2.45, 2.75) is 37.6 Å². The molecule has 0 bridgehead atoms. The van der Waals surface area contributed by atoms with Gasteiger partial charge in [-0.05, 0) is 45.0 Å². The van der Waals surface area contributed by atoms with E-state index < -0.39 is 10.0 Å². The molecule has 28 heavy (non-hydrogen) atoms. The molecule has 0 N–H and O–H groups in total. The van der Waals surface area contributed by atoms with Crippen molar-refractivity contribution in [1.82, 2.24) is 14.1 Å². The van der Waals surface area contributed by atoms with Crippen LogP contribution in [0, 0.1) is 5.92 Å². The number of amides is 2. The minimum Gasteiger partial charge on any atom is -0.340 e. The van der Waals surface area contributed by atoms with E-state index in [-0.39, 0.29) is 47.7 Å². The predicted octanol–water partition coefficient (Wildman–Crippen LogP) is 1.82. The Kier molecular flexibility index (Phi) is 5.76. The molecule has 2 saturated heterocycles. The quantitative estimate of drug-likeness (QED) is 0.737. The lowest BCUT2D eigenvalue weighted by Gasteiger charge is -2.36. The highest BCUT2D eigenvalue weighted by Crippen LogP contribution is 2.28. The molecule has 0 spiro atoms. The topological polar surface area (TPSA) is 78.0 Å². The number of hydrogen-bond donors (Lipinski definition) is 0. The Morgan fingerprint density at radius 2 is 1.64 bits per heavy atom. The highest BCUT2D eigenvalue weighted by atomic mass is 35.5. The van der Waals surface area contributed by atoms with Crippen molar-refractivity contribution in [2.75, 3.05) is 32.7 Å². The molecular formula is C19H26ClN3O4S. The van der Waals surface area contributed by atoms with Gasteiger partial charge in [0.25, 0.3) is 0 Å². The Morgan fingerprint density at radius 1 is 1.07 bits per heavy atom. The molecule has 2 heterocycles. The maximum absolute atomic E-state index is 12.8. The van der Waals surface area contributed by atoms with E-state index in [1.54, 1.807) is 21.9 Å². The molecule has 7 nitrogen and oxygen atoms in total. The molecule has 1 unspecified atom stereocenters. The van der Waals surface area contributed by atoms with Crippen molar-refractivity contribution in [3.8, 4) is 0 Å². The molecule has 0 radical (unpaired) electrons. The van der Waals surface area contributed by atoms with Crippen LogP contribution >= 0.6 is 11.6 Å². The maximum Gasteiger partial charge on any atom is 0.243 e. The Labute approximate surface area is 171 Å². The minimum absolute atomic E-state index is 0.00481. The number of nitrogens with zero attached hydrogens (tertiary/aromatic N) is 3. The fourth-order valence-electron chi connectivity index (χ4n) is 3.68. The van der Waals surface area contributed by atoms with Crippen molar-refractivity contribution in [3.63, 3.8) is 0 Å². The van der Waals surface area contributed by atoms with Crippen molar-refractivity contribution >= 4 is 33.4 Å². The van der Waals surface area contributed by atoms with Crippen molar-refractivity contribution in [1.29, 1.82) is 0 Å². The molecule has 2 amide bonds. The van der Waals surface area contributed by atoms with Gasteiger partial charge in [0.1, 0.15) is 0 Å². The second-order valence-electron chi connectivity index (χ2n) is 8.26. The molecule has 1 aromatic rings. The van der Waals surface area contributed by atoms with E-state index in [2.05, 4.69) is 0 Å². The van der Waals surface area contributed by atoms with E-state index in [0.717, 1.165) is 0 Å². The zero-order valence-electron chi connectivity index (χ0n) is 16.4. The van der Waals surface area contributed by atoms with Crippen LogP contribution in [0.5, 0.6) is 0 Å². The van der Waals surface area contributed by atoms with Crippen LogP contribution in [0.2, 0.25) is 5.02 Å². The Bertz CT molecular complexity index is 856. The molecule has 9 heteroatoms. The lowest BCUT2D eigenvalue weighted by atomic mass is 10.1. The van der Waals surface area contributed by atoms with Gasteiger partial charge in [-0.2, -0.15) is 4.31 Å². The summed E-state index contributed by atoms with van der Waals surface area (Å²) in [5, 5.41) is 0.477. The predicted molar refractivity (Wildman–Crippen MR) is 106 cm³/mol. The average Bonchev–Trinajstić information content (AvgIpc) is 3.04. The normalized spacial score (nSPS) is 22.0. The number of benzene rings is 1. The number of rotatable bonds is 3. The fraction of sp³-hybridized carbons (Fsp3) is 0.579. The van der Waals surface area contributed by atoms with Gasteiger partial charge in [-0.3, -0.25) is 9.59 Å². The van der Waals surface area contributed by atoms with E-state index in [4.69, 9.17) is 11.6 Å². The molecule has 0 aromatic heterocycles. The van der Waals surface area contributed by atoms with Gasteiger partial charge in [-0.25, -0.2) is 8.42 Å². The number of sulfonamides is 1. The molecule has 2 fully saturated rings. The summed E-state index contributed by atoms with van der Waals surface area (Å²) in [5.41, 5.74) is -0.308. The van der Waals surface area contributed by atoms with Crippen molar-refractivity contribution < 1.29 is 18.0 Å². The van der Waals surface area contributed by atoms with Crippen LogP contribution in [0.15, 0.2) is 29.2 Å². The first kappa shape index (κ1) is 21.1. The summed E-state index contributed by atoms with van der Waals surface area (Å²) < 4.78 is 26.9. The van der Waals surface area contributed by atoms with Gasteiger partial charge in [0.2, 0.25) is 21.8 Å². The third-order valence-corrected chi connectivity index (χ3v) is 7.45. The highest BCUT2D eigenvalue weighted by Gasteiger charge is 2.41. The summed E-state index contributed by atoms with van der Waals surface area (Å²) >= 11 is 5.83. The fourth-order valence-corrected chi connectivity index (χ4v) is 5.23. The number of likely N-dealkylation sites (tertiary alicyclic amines) is 1. The average molecular weight is 428 g/mol. The first-order valence-corrected chi connectivity index (χ1v) is 11.2. The van der Waals surface area contributed by atoms with E-state index >= 15 is 0 Å². The number of halogens is 1. The summed E-state index contributed by atoms with van der Waals surface area (Å²) in [5.74, 6) is -0.426. The molecule has 2 aliphatic rings. The number of carbonyl (C=O) groups is 2. The minimum atomic E-state index is -3.61. The highest BCUT2D eigenvalue weighted by molar-refractivity contribution is 7.89. The van der Waals surface area contributed by atoms with Crippen LogP contribution in [-0.4, -0.2) is 72.6 Å². The summed E-state index contributed by atoms with van der Waals surface area (Å²) in [6.07, 6.45) is 0.222. The van der Waals surface area contributed by atoms with Crippen molar-refractivity contribution in [3.05, 3.63) is 29.3 Å². The standard InChI is InChI=1S/C19H26ClN3O4S/c1-19(2,3)23-13-14(12-17(23)24)18(25)21-8-10-22(11-9-21)28(26,27)16-6-4-15(20)5-7-16/h4-7,14H,8-13H2,1-3H3. The number of hydrogen-bond acceptors (Lipinski definition) is 4. The molecule has 0 saturated carbocycles. The third kappa shape index (κ3) is 4.18. The summed E-state index contributed by atoms with van der Waals surface area (Å²) in [6, 6.07) is 6.07. The largest absolute Gasteiger partial charge is 0.340 e. The van der Waals surface area contributed by atoms with Gasteiger partial charge < -0.3 is 9.80 Å². The summed E-state index contributed by atoms with van der Waals surface area (Å²) in [6.45, 7) is 7.41. The van der Waals surface area contributed by atoms with E-state index in [0.29, 0.717) is 24.7 Å². The van der Waals surface area contributed by atoms with E-state index in [9.17, 15) is 18.0 Å². The smallest absolute Gasteiger partial charge is 0.243 e. The van der Waals surface area contributed by atoms with Crippen LogP contribution in [0.1, 0.15) is 27.2 Å². The second kappa shape index (κ2) is 7.65. The Hall–Kier alpha value is -1.64. The summed E-state index contributed by atoms with van der Waals surface area (Å²) in [4.78, 5) is 28.7. The van der Waals surface area contributed by atoms with Crippen LogP contribution in [0.3, 0.4) is 0 Å². The van der Waals surface area contributed by atoms with Gasteiger partial charge in [0.15, 0.2) is 0 Å². The Balaban J connectivity index is 1.62. The van der Waals surface area contributed by atoms with E-state index in [1.165, 1.54) is 16.4 Å². The third-order valence-electron chi connectivity index (χ3n) is 5.29. The van der Waals surface area contributed by atoms with Crippen LogP contribution in [0.25, 0.3) is 0 Å². The SMILES string of the molecule is CC(C)(C)N1CC(C(=O)N2CCN(S(=O)(=O)c3ccc(Cl)cc3)CC2)CC1=O. The molecule has 1 aromatic carbocycles. The molecular weight excluding hydrogens is 402 g/mol. The van der Waals surface area contributed by atoms with Gasteiger partial charge in [-0.15, -0.1) is 0 Å². The number of piperazine rings is 1. The van der Waals surface area contributed by atoms with Gasteiger partial charge >= 0.3 is 0 Å². The van der Waals surface area contributed by atoms with Crippen LogP contribution < -0.4 is 0 Å². The van der Waals surface area contributed by atoms with Gasteiger partial charge in [0, 0.05) is 49.7 Å². The zero-order chi connectivity index (χ0) is 20.7. The lowest BCUT2D eigenvalue weighted by molar-refractivity contribution is -0.137. The summed E-state index contributed by atoms with van der Waals surface area (Å²) in [7, 11) is -3.61. The molecule has 1 atom stereocenters. The maximum atomic E-state index is 12.8. The first-order valence-electron chi connectivity index (χ1n) is 9.35. The van der Waals surface area contributed by atoms with Gasteiger partial charge in [0.05, 0.1) is 10.8 Å².